The summed E-state index contributed by atoms with van der Waals surface area (Å²) in [5.41, 5.74) is 0.0131. The first-order valence-electron chi connectivity index (χ1n) is 7.21. The quantitative estimate of drug-likeness (QED) is 0.381. The van der Waals surface area contributed by atoms with Crippen LogP contribution in [0.1, 0.15) is 37.0 Å². The van der Waals surface area contributed by atoms with Crippen molar-refractivity contribution in [2.24, 2.45) is 5.92 Å². The Bertz CT molecular complexity index is 518. The summed E-state index contributed by atoms with van der Waals surface area (Å²) in [6, 6.07) is 2.10. The molecule has 0 saturated heterocycles. The molecular formula is C15H22N2O5. The van der Waals surface area contributed by atoms with Gasteiger partial charge in [0, 0.05) is 24.6 Å². The standard InChI is InChI=1S/C15H22N2O5/c1-3-9(4-2)14(21)16-5-6-17-15(22)10-7-11(18)13(20)12(19)8-10/h7-9,18-20H,3-6H2,1-2H3,(H,16,21)(H,17,22). The molecule has 0 saturated carbocycles. The highest BCUT2D eigenvalue weighted by atomic mass is 16.3. The molecule has 2 amide bonds. The van der Waals surface area contributed by atoms with E-state index in [0.29, 0.717) is 0 Å². The zero-order chi connectivity index (χ0) is 16.7. The second-order valence-electron chi connectivity index (χ2n) is 4.92. The molecule has 7 heteroatoms. The molecule has 22 heavy (non-hydrogen) atoms. The number of benzene rings is 1. The molecule has 122 valence electrons. The predicted octanol–water partition coefficient (Wildman–Crippen LogP) is 1.09. The van der Waals surface area contributed by atoms with Gasteiger partial charge in [-0.15, -0.1) is 0 Å². The molecule has 0 atom stereocenters. The number of rotatable bonds is 7. The molecule has 1 aromatic carbocycles. The number of hydrogen-bond acceptors (Lipinski definition) is 5. The molecule has 0 aliphatic carbocycles. The maximum absolute atomic E-state index is 11.8. The van der Waals surface area contributed by atoms with Gasteiger partial charge in [0.2, 0.25) is 5.91 Å². The van der Waals surface area contributed by atoms with Gasteiger partial charge >= 0.3 is 0 Å². The van der Waals surface area contributed by atoms with Crippen molar-refractivity contribution in [3.63, 3.8) is 0 Å². The molecular weight excluding hydrogens is 288 g/mol. The highest BCUT2D eigenvalue weighted by Crippen LogP contribution is 2.35. The minimum absolute atomic E-state index is 0.0131. The number of phenolic OH excluding ortho intramolecular Hbond substituents is 3. The average molecular weight is 310 g/mol. The molecule has 0 unspecified atom stereocenters. The Morgan fingerprint density at radius 1 is 1.00 bits per heavy atom. The number of carbonyl (C=O) groups is 2. The number of phenols is 3. The number of aromatic hydroxyl groups is 3. The fourth-order valence-corrected chi connectivity index (χ4v) is 2.00. The van der Waals surface area contributed by atoms with Gasteiger partial charge in [-0.25, -0.2) is 0 Å². The monoisotopic (exact) mass is 310 g/mol. The number of amides is 2. The van der Waals surface area contributed by atoms with E-state index < -0.39 is 23.2 Å². The summed E-state index contributed by atoms with van der Waals surface area (Å²) in [7, 11) is 0. The smallest absolute Gasteiger partial charge is 0.251 e. The van der Waals surface area contributed by atoms with E-state index in [1.54, 1.807) is 0 Å². The van der Waals surface area contributed by atoms with Crippen LogP contribution >= 0.6 is 0 Å². The summed E-state index contributed by atoms with van der Waals surface area (Å²) >= 11 is 0. The van der Waals surface area contributed by atoms with Crippen LogP contribution in [0.4, 0.5) is 0 Å². The predicted molar refractivity (Wildman–Crippen MR) is 80.9 cm³/mol. The Morgan fingerprint density at radius 2 is 1.50 bits per heavy atom. The van der Waals surface area contributed by atoms with Gasteiger partial charge < -0.3 is 26.0 Å². The molecule has 0 radical (unpaired) electrons. The summed E-state index contributed by atoms with van der Waals surface area (Å²) in [5, 5.41) is 33.2. The first kappa shape index (κ1) is 17.6. The van der Waals surface area contributed by atoms with Gasteiger partial charge in [-0.3, -0.25) is 9.59 Å². The first-order chi connectivity index (χ1) is 10.4. The van der Waals surface area contributed by atoms with Gasteiger partial charge in [-0.2, -0.15) is 0 Å². The molecule has 0 bridgehead atoms. The van der Waals surface area contributed by atoms with E-state index in [4.69, 9.17) is 0 Å². The second-order valence-corrected chi connectivity index (χ2v) is 4.92. The van der Waals surface area contributed by atoms with Crippen LogP contribution in [0.15, 0.2) is 12.1 Å². The largest absolute Gasteiger partial charge is 0.504 e. The third-order valence-corrected chi connectivity index (χ3v) is 3.40. The van der Waals surface area contributed by atoms with Crippen LogP contribution in [-0.4, -0.2) is 40.2 Å². The minimum Gasteiger partial charge on any atom is -0.504 e. The summed E-state index contributed by atoms with van der Waals surface area (Å²) in [6.45, 7) is 4.39. The van der Waals surface area contributed by atoms with E-state index >= 15 is 0 Å². The Labute approximate surface area is 129 Å². The molecule has 0 aromatic heterocycles. The SMILES string of the molecule is CCC(CC)C(=O)NCCNC(=O)c1cc(O)c(O)c(O)c1. The Balaban J connectivity index is 2.46. The number of hydrogen-bond donors (Lipinski definition) is 5. The highest BCUT2D eigenvalue weighted by molar-refractivity contribution is 5.95. The Morgan fingerprint density at radius 3 is 2.00 bits per heavy atom. The molecule has 7 nitrogen and oxygen atoms in total. The average Bonchev–Trinajstić information content (AvgIpc) is 2.49. The number of carbonyl (C=O) groups excluding carboxylic acids is 2. The zero-order valence-electron chi connectivity index (χ0n) is 12.7. The van der Waals surface area contributed by atoms with Gasteiger partial charge in [0.05, 0.1) is 0 Å². The lowest BCUT2D eigenvalue weighted by Gasteiger charge is -2.13. The van der Waals surface area contributed by atoms with Crippen molar-refractivity contribution in [3.05, 3.63) is 17.7 Å². The summed E-state index contributed by atoms with van der Waals surface area (Å²) in [4.78, 5) is 23.6. The summed E-state index contributed by atoms with van der Waals surface area (Å²) in [5.74, 6) is -2.42. The maximum Gasteiger partial charge on any atom is 0.251 e. The van der Waals surface area contributed by atoms with Crippen molar-refractivity contribution >= 4 is 11.8 Å². The van der Waals surface area contributed by atoms with Crippen LogP contribution in [0.2, 0.25) is 0 Å². The molecule has 0 aliphatic heterocycles. The van der Waals surface area contributed by atoms with Crippen molar-refractivity contribution in [2.75, 3.05) is 13.1 Å². The third-order valence-electron chi connectivity index (χ3n) is 3.40. The normalized spacial score (nSPS) is 10.5. The van der Waals surface area contributed by atoms with Crippen molar-refractivity contribution in [1.29, 1.82) is 0 Å². The fourth-order valence-electron chi connectivity index (χ4n) is 2.00. The van der Waals surface area contributed by atoms with Crippen LogP contribution in [0, 0.1) is 5.92 Å². The van der Waals surface area contributed by atoms with Crippen LogP contribution in [-0.2, 0) is 4.79 Å². The summed E-state index contributed by atoms with van der Waals surface area (Å²) in [6.07, 6.45) is 1.53. The van der Waals surface area contributed by atoms with Gasteiger partial charge in [-0.05, 0) is 25.0 Å². The van der Waals surface area contributed by atoms with Crippen LogP contribution in [0.5, 0.6) is 17.2 Å². The van der Waals surface area contributed by atoms with Crippen LogP contribution in [0.25, 0.3) is 0 Å². The van der Waals surface area contributed by atoms with Gasteiger partial charge in [0.1, 0.15) is 0 Å². The minimum atomic E-state index is -0.672. The fraction of sp³-hybridized carbons (Fsp3) is 0.467. The molecule has 0 heterocycles. The van der Waals surface area contributed by atoms with E-state index in [0.717, 1.165) is 25.0 Å². The van der Waals surface area contributed by atoms with E-state index in [1.807, 2.05) is 13.8 Å². The van der Waals surface area contributed by atoms with Crippen molar-refractivity contribution in [1.82, 2.24) is 10.6 Å². The Kier molecular flexibility index (Phi) is 6.49. The van der Waals surface area contributed by atoms with Crippen LogP contribution < -0.4 is 10.6 Å². The summed E-state index contributed by atoms with van der Waals surface area (Å²) < 4.78 is 0. The molecule has 1 rings (SSSR count). The highest BCUT2D eigenvalue weighted by Gasteiger charge is 2.14. The van der Waals surface area contributed by atoms with Crippen molar-refractivity contribution < 1.29 is 24.9 Å². The molecule has 0 spiro atoms. The van der Waals surface area contributed by atoms with E-state index in [1.165, 1.54) is 0 Å². The van der Waals surface area contributed by atoms with E-state index in [-0.39, 0.29) is 30.5 Å². The molecule has 0 aliphatic rings. The lowest BCUT2D eigenvalue weighted by molar-refractivity contribution is -0.125. The van der Waals surface area contributed by atoms with Crippen molar-refractivity contribution in [3.8, 4) is 17.2 Å². The maximum atomic E-state index is 11.8. The third kappa shape index (κ3) is 4.54. The van der Waals surface area contributed by atoms with Crippen molar-refractivity contribution in [2.45, 2.75) is 26.7 Å². The van der Waals surface area contributed by atoms with Gasteiger partial charge in [0.15, 0.2) is 17.2 Å². The Hall–Kier alpha value is -2.44. The van der Waals surface area contributed by atoms with Gasteiger partial charge in [-0.1, -0.05) is 13.8 Å². The van der Waals surface area contributed by atoms with Crippen LogP contribution in [0.3, 0.4) is 0 Å². The second kappa shape index (κ2) is 8.11. The van der Waals surface area contributed by atoms with E-state index in [9.17, 15) is 24.9 Å². The molecule has 1 aromatic rings. The topological polar surface area (TPSA) is 119 Å². The lowest BCUT2D eigenvalue weighted by Crippen LogP contribution is -2.37. The zero-order valence-corrected chi connectivity index (χ0v) is 12.7. The molecule has 5 N–H and O–H groups in total. The van der Waals surface area contributed by atoms with E-state index in [2.05, 4.69) is 10.6 Å². The molecule has 0 fully saturated rings. The lowest BCUT2D eigenvalue weighted by atomic mass is 10.0. The number of nitrogens with one attached hydrogen (secondary N) is 2. The van der Waals surface area contributed by atoms with Gasteiger partial charge in [0.25, 0.3) is 5.91 Å². The first-order valence-corrected chi connectivity index (χ1v) is 7.21.